The molecule has 4 rings (SSSR count). The lowest BCUT2D eigenvalue weighted by Gasteiger charge is -2.36. The van der Waals surface area contributed by atoms with Crippen LogP contribution < -0.4 is 9.46 Å². The largest absolute Gasteiger partial charge is 0.489 e. The molecule has 0 radical (unpaired) electrons. The van der Waals surface area contributed by atoms with Gasteiger partial charge in [0, 0.05) is 43.8 Å². The summed E-state index contributed by atoms with van der Waals surface area (Å²) in [5.41, 5.74) is 2.36. The average Bonchev–Trinajstić information content (AvgIpc) is 3.35. The third kappa shape index (κ3) is 4.58. The van der Waals surface area contributed by atoms with Crippen LogP contribution in [0, 0.1) is 12.7 Å². The van der Waals surface area contributed by atoms with E-state index < -0.39 is 39.2 Å². The van der Waals surface area contributed by atoms with E-state index in [1.54, 1.807) is 24.0 Å². The van der Waals surface area contributed by atoms with Crippen molar-refractivity contribution in [3.63, 3.8) is 0 Å². The van der Waals surface area contributed by atoms with Gasteiger partial charge in [0.05, 0.1) is 0 Å². The second-order valence-electron chi connectivity index (χ2n) is 7.64. The number of ether oxygens (including phenoxy) is 1. The molecule has 0 bridgehead atoms. The lowest BCUT2D eigenvalue weighted by Crippen LogP contribution is -2.39. The normalized spacial score (nSPS) is 20.8. The molecule has 0 saturated heterocycles. The van der Waals surface area contributed by atoms with Crippen LogP contribution >= 0.6 is 11.3 Å². The number of hydrogen-bond donors (Lipinski definition) is 1. The van der Waals surface area contributed by atoms with Gasteiger partial charge in [0.2, 0.25) is 5.13 Å². The number of halogens is 3. The number of hydrogen-bond acceptors (Lipinski definition) is 7. The van der Waals surface area contributed by atoms with Gasteiger partial charge in [0.25, 0.3) is 15.9 Å². The maximum Gasteiger partial charge on any atom is 0.266 e. The smallest absolute Gasteiger partial charge is 0.266 e. The fourth-order valence-electron chi connectivity index (χ4n) is 3.82. The standard InChI is InChI=1S/C19H20F3N5O3S2/c1-11-7-17(32(28,29)26-18-25-23-10-31-18)13(20)8-15(11)30-16-9-19(21,22)5-3-12(16)14-4-6-24-27(14)2/h4,6-8,10,12,16H,3,5,9H2,1-2H3,(H,25,26). The second-order valence-corrected chi connectivity index (χ2v) is 10.1. The van der Waals surface area contributed by atoms with Crippen molar-refractivity contribution >= 4 is 26.5 Å². The predicted molar refractivity (Wildman–Crippen MR) is 111 cm³/mol. The number of nitrogens with zero attached hydrogens (tertiary/aromatic N) is 4. The van der Waals surface area contributed by atoms with Crippen LogP contribution in [0.25, 0.3) is 0 Å². The topological polar surface area (TPSA) is 99.0 Å². The van der Waals surface area contributed by atoms with Gasteiger partial charge in [-0.15, -0.1) is 10.2 Å². The van der Waals surface area contributed by atoms with Gasteiger partial charge >= 0.3 is 0 Å². The van der Waals surface area contributed by atoms with Crippen molar-refractivity contribution in [2.24, 2.45) is 7.05 Å². The molecule has 13 heteroatoms. The van der Waals surface area contributed by atoms with E-state index in [9.17, 15) is 21.6 Å². The summed E-state index contributed by atoms with van der Waals surface area (Å²) in [5, 5.41) is 11.2. The summed E-state index contributed by atoms with van der Waals surface area (Å²) < 4.78 is 77.9. The van der Waals surface area contributed by atoms with Gasteiger partial charge in [-0.05, 0) is 31.0 Å². The monoisotopic (exact) mass is 487 g/mol. The highest BCUT2D eigenvalue weighted by atomic mass is 32.2. The minimum absolute atomic E-state index is 0.00670. The van der Waals surface area contributed by atoms with Gasteiger partial charge in [0.1, 0.15) is 28.1 Å². The molecule has 2 atom stereocenters. The minimum atomic E-state index is -4.26. The summed E-state index contributed by atoms with van der Waals surface area (Å²) in [6.07, 6.45) is -0.00662. The Labute approximate surface area is 186 Å². The summed E-state index contributed by atoms with van der Waals surface area (Å²) in [6, 6.07) is 3.76. The van der Waals surface area contributed by atoms with Crippen molar-refractivity contribution in [1.82, 2.24) is 20.0 Å². The first kappa shape index (κ1) is 22.5. The number of aromatic nitrogens is 4. The first-order chi connectivity index (χ1) is 15.1. The molecule has 1 aliphatic carbocycles. The Morgan fingerprint density at radius 2 is 2.12 bits per heavy atom. The van der Waals surface area contributed by atoms with Gasteiger partial charge in [-0.25, -0.2) is 21.6 Å². The first-order valence-electron chi connectivity index (χ1n) is 9.67. The summed E-state index contributed by atoms with van der Waals surface area (Å²) in [7, 11) is -2.54. The summed E-state index contributed by atoms with van der Waals surface area (Å²) >= 11 is 0.943. The zero-order valence-electron chi connectivity index (χ0n) is 17.1. The number of nitrogens with one attached hydrogen (secondary N) is 1. The lowest BCUT2D eigenvalue weighted by molar-refractivity contribution is -0.0782. The van der Waals surface area contributed by atoms with E-state index in [1.807, 2.05) is 0 Å². The highest BCUT2D eigenvalue weighted by Gasteiger charge is 2.44. The molecule has 2 unspecified atom stereocenters. The van der Waals surface area contributed by atoms with Crippen molar-refractivity contribution in [3.05, 3.63) is 47.0 Å². The van der Waals surface area contributed by atoms with Crippen molar-refractivity contribution in [1.29, 1.82) is 0 Å². The third-order valence-corrected chi connectivity index (χ3v) is 7.48. The fraction of sp³-hybridized carbons (Fsp3) is 0.421. The predicted octanol–water partition coefficient (Wildman–Crippen LogP) is 3.87. The maximum absolute atomic E-state index is 14.8. The van der Waals surface area contributed by atoms with E-state index in [1.165, 1.54) is 12.4 Å². The van der Waals surface area contributed by atoms with Crippen LogP contribution in [0.1, 0.15) is 36.4 Å². The Hall–Kier alpha value is -2.67. The zero-order valence-corrected chi connectivity index (χ0v) is 18.8. The molecule has 1 aliphatic rings. The van der Waals surface area contributed by atoms with E-state index in [-0.39, 0.29) is 29.6 Å². The highest BCUT2D eigenvalue weighted by molar-refractivity contribution is 7.93. The fourth-order valence-corrected chi connectivity index (χ4v) is 5.66. The number of alkyl halides is 2. The van der Waals surface area contributed by atoms with E-state index in [0.717, 1.165) is 29.2 Å². The molecule has 2 heterocycles. The first-order valence-corrected chi connectivity index (χ1v) is 12.0. The number of rotatable bonds is 6. The van der Waals surface area contributed by atoms with Gasteiger partial charge in [-0.2, -0.15) is 5.10 Å². The molecule has 172 valence electrons. The van der Waals surface area contributed by atoms with E-state index in [4.69, 9.17) is 4.74 Å². The molecule has 1 saturated carbocycles. The van der Waals surface area contributed by atoms with Crippen LogP contribution in [0.15, 0.2) is 34.8 Å². The highest BCUT2D eigenvalue weighted by Crippen LogP contribution is 2.43. The molecule has 32 heavy (non-hydrogen) atoms. The van der Waals surface area contributed by atoms with Gasteiger partial charge in [-0.1, -0.05) is 11.3 Å². The molecule has 0 aliphatic heterocycles. The Bertz CT molecular complexity index is 1220. The maximum atomic E-state index is 14.8. The van der Waals surface area contributed by atoms with Crippen molar-refractivity contribution in [2.75, 3.05) is 4.72 Å². The van der Waals surface area contributed by atoms with E-state index in [0.29, 0.717) is 5.56 Å². The van der Waals surface area contributed by atoms with Crippen molar-refractivity contribution in [3.8, 4) is 5.75 Å². The Balaban J connectivity index is 1.63. The number of anilines is 1. The molecular formula is C19H20F3N5O3S2. The molecule has 1 N–H and O–H groups in total. The van der Waals surface area contributed by atoms with Crippen molar-refractivity contribution in [2.45, 2.75) is 49.0 Å². The van der Waals surface area contributed by atoms with Gasteiger partial charge in [-0.3, -0.25) is 9.40 Å². The molecule has 1 fully saturated rings. The Morgan fingerprint density at radius 1 is 1.34 bits per heavy atom. The Morgan fingerprint density at radius 3 is 2.78 bits per heavy atom. The molecular weight excluding hydrogens is 467 g/mol. The lowest BCUT2D eigenvalue weighted by atomic mass is 9.82. The average molecular weight is 488 g/mol. The Kier molecular flexibility index (Phi) is 5.88. The van der Waals surface area contributed by atoms with Crippen LogP contribution in [-0.2, 0) is 17.1 Å². The van der Waals surface area contributed by atoms with Crippen molar-refractivity contribution < 1.29 is 26.3 Å². The van der Waals surface area contributed by atoms with Gasteiger partial charge in [0.15, 0.2) is 0 Å². The second kappa shape index (κ2) is 8.35. The minimum Gasteiger partial charge on any atom is -0.489 e. The number of benzene rings is 1. The van der Waals surface area contributed by atoms with Crippen LogP contribution in [0.4, 0.5) is 18.3 Å². The van der Waals surface area contributed by atoms with Crippen LogP contribution in [-0.4, -0.2) is 40.4 Å². The molecule has 3 aromatic rings. The number of aryl methyl sites for hydroxylation is 2. The number of sulfonamides is 1. The van der Waals surface area contributed by atoms with Crippen LogP contribution in [0.3, 0.4) is 0 Å². The zero-order chi connectivity index (χ0) is 23.1. The molecule has 0 spiro atoms. The summed E-state index contributed by atoms with van der Waals surface area (Å²) in [5.74, 6) is -4.34. The van der Waals surface area contributed by atoms with E-state index in [2.05, 4.69) is 20.0 Å². The molecule has 8 nitrogen and oxygen atoms in total. The summed E-state index contributed by atoms with van der Waals surface area (Å²) in [4.78, 5) is -0.602. The van der Waals surface area contributed by atoms with Crippen LogP contribution in [0.2, 0.25) is 0 Å². The van der Waals surface area contributed by atoms with Crippen LogP contribution in [0.5, 0.6) is 5.75 Å². The molecule has 2 aromatic heterocycles. The third-order valence-electron chi connectivity index (χ3n) is 5.39. The van der Waals surface area contributed by atoms with E-state index >= 15 is 0 Å². The van der Waals surface area contributed by atoms with Gasteiger partial charge < -0.3 is 4.74 Å². The molecule has 0 amide bonds. The molecule has 1 aromatic carbocycles. The quantitative estimate of drug-likeness (QED) is 0.567. The SMILES string of the molecule is Cc1cc(S(=O)(=O)Nc2nncs2)c(F)cc1OC1CC(F)(F)CCC1c1ccnn1C. The summed E-state index contributed by atoms with van der Waals surface area (Å²) in [6.45, 7) is 1.53.